The third-order valence-corrected chi connectivity index (χ3v) is 4.00. The molecule has 0 aliphatic carbocycles. The summed E-state index contributed by atoms with van der Waals surface area (Å²) in [6.07, 6.45) is 0. The predicted molar refractivity (Wildman–Crippen MR) is 84.6 cm³/mol. The Morgan fingerprint density at radius 1 is 1.33 bits per heavy atom. The zero-order valence-corrected chi connectivity index (χ0v) is 14.0. The van der Waals surface area contributed by atoms with Gasteiger partial charge in [0, 0.05) is 27.1 Å². The van der Waals surface area contributed by atoms with Crippen LogP contribution < -0.4 is 10.1 Å². The van der Waals surface area contributed by atoms with E-state index in [1.54, 1.807) is 0 Å². The van der Waals surface area contributed by atoms with Gasteiger partial charge in [-0.05, 0) is 25.2 Å². The van der Waals surface area contributed by atoms with Crippen LogP contribution in [0.25, 0.3) is 0 Å². The molecule has 2 nitrogen and oxygen atoms in total. The van der Waals surface area contributed by atoms with Gasteiger partial charge in [0.05, 0.1) is 6.61 Å². The van der Waals surface area contributed by atoms with E-state index in [-0.39, 0.29) is 0 Å². The van der Waals surface area contributed by atoms with Gasteiger partial charge in [0.25, 0.3) is 0 Å². The second-order valence-electron chi connectivity index (χ2n) is 5.09. The summed E-state index contributed by atoms with van der Waals surface area (Å²) in [5.41, 5.74) is 1.19. The maximum atomic E-state index is 5.86. The van der Waals surface area contributed by atoms with Gasteiger partial charge in [0.2, 0.25) is 0 Å². The summed E-state index contributed by atoms with van der Waals surface area (Å²) in [7, 11) is 1.94. The summed E-state index contributed by atoms with van der Waals surface area (Å²) < 4.78 is 7.25. The molecule has 102 valence electrons. The quantitative estimate of drug-likeness (QED) is 0.793. The van der Waals surface area contributed by atoms with Crippen molar-refractivity contribution in [2.24, 2.45) is 0 Å². The normalized spacial score (nSPS) is 11.6. The minimum absolute atomic E-state index is 0.302. The van der Waals surface area contributed by atoms with Crippen molar-refractivity contribution in [3.8, 4) is 5.75 Å². The van der Waals surface area contributed by atoms with Crippen LogP contribution in [-0.4, -0.2) is 24.2 Å². The first-order chi connectivity index (χ1) is 8.42. The van der Waals surface area contributed by atoms with Crippen molar-refractivity contribution in [2.45, 2.75) is 32.1 Å². The molecule has 0 saturated heterocycles. The van der Waals surface area contributed by atoms with E-state index < -0.39 is 0 Å². The van der Waals surface area contributed by atoms with Crippen LogP contribution in [0.15, 0.2) is 22.7 Å². The van der Waals surface area contributed by atoms with Crippen LogP contribution in [0.2, 0.25) is 0 Å². The van der Waals surface area contributed by atoms with Gasteiger partial charge in [-0.2, -0.15) is 11.8 Å². The van der Waals surface area contributed by atoms with Gasteiger partial charge in [-0.1, -0.05) is 36.7 Å². The number of hydrogen-bond donors (Lipinski definition) is 1. The van der Waals surface area contributed by atoms with Crippen LogP contribution in [-0.2, 0) is 6.54 Å². The fourth-order valence-electron chi connectivity index (χ4n) is 1.52. The summed E-state index contributed by atoms with van der Waals surface area (Å²) >= 11 is 5.41. The Bertz CT molecular complexity index is 377. The third-order valence-electron chi connectivity index (χ3n) is 2.27. The van der Waals surface area contributed by atoms with Gasteiger partial charge >= 0.3 is 0 Å². The van der Waals surface area contributed by atoms with Crippen LogP contribution in [0.3, 0.4) is 0 Å². The lowest BCUT2D eigenvalue weighted by molar-refractivity contribution is 0.339. The lowest BCUT2D eigenvalue weighted by atomic mass is 10.2. The first kappa shape index (κ1) is 15.9. The second kappa shape index (κ2) is 7.41. The summed E-state index contributed by atoms with van der Waals surface area (Å²) in [4.78, 5) is 0. The zero-order valence-electron chi connectivity index (χ0n) is 11.5. The van der Waals surface area contributed by atoms with Crippen LogP contribution in [0.1, 0.15) is 26.3 Å². The Labute approximate surface area is 123 Å². The number of rotatable bonds is 6. The average Bonchev–Trinajstić information content (AvgIpc) is 2.26. The van der Waals surface area contributed by atoms with Gasteiger partial charge in [0.15, 0.2) is 0 Å². The van der Waals surface area contributed by atoms with Gasteiger partial charge in [-0.15, -0.1) is 0 Å². The molecule has 0 atom stereocenters. The second-order valence-corrected chi connectivity index (χ2v) is 7.93. The van der Waals surface area contributed by atoms with Crippen molar-refractivity contribution in [3.63, 3.8) is 0 Å². The topological polar surface area (TPSA) is 21.3 Å². The molecule has 0 heterocycles. The SMILES string of the molecule is CNCc1cc(Br)ccc1OCCSC(C)(C)C. The Kier molecular flexibility index (Phi) is 6.53. The molecule has 0 saturated carbocycles. The van der Waals surface area contributed by atoms with E-state index in [9.17, 15) is 0 Å². The van der Waals surface area contributed by atoms with E-state index in [1.807, 2.05) is 30.9 Å². The highest BCUT2D eigenvalue weighted by molar-refractivity contribution is 9.10. The van der Waals surface area contributed by atoms with E-state index in [0.29, 0.717) is 4.75 Å². The van der Waals surface area contributed by atoms with Gasteiger partial charge in [-0.25, -0.2) is 0 Å². The Hall–Kier alpha value is -0.190. The number of hydrogen-bond acceptors (Lipinski definition) is 3. The Balaban J connectivity index is 2.51. The highest BCUT2D eigenvalue weighted by atomic mass is 79.9. The van der Waals surface area contributed by atoms with Crippen LogP contribution >= 0.6 is 27.7 Å². The average molecular weight is 332 g/mol. The van der Waals surface area contributed by atoms with Crippen LogP contribution in [0.4, 0.5) is 0 Å². The Morgan fingerprint density at radius 2 is 2.06 bits per heavy atom. The molecule has 0 aromatic heterocycles. The van der Waals surface area contributed by atoms with Gasteiger partial charge < -0.3 is 10.1 Å². The number of thioether (sulfide) groups is 1. The third kappa shape index (κ3) is 6.12. The van der Waals surface area contributed by atoms with Gasteiger partial charge in [0.1, 0.15) is 5.75 Å². The van der Waals surface area contributed by atoms with Crippen molar-refractivity contribution in [1.82, 2.24) is 5.32 Å². The monoisotopic (exact) mass is 331 g/mol. The first-order valence-corrected chi connectivity index (χ1v) is 7.90. The molecule has 4 heteroatoms. The highest BCUT2D eigenvalue weighted by Crippen LogP contribution is 2.25. The number of halogens is 1. The molecular weight excluding hydrogens is 310 g/mol. The van der Waals surface area contributed by atoms with E-state index in [2.05, 4.69) is 48.1 Å². The van der Waals surface area contributed by atoms with Crippen LogP contribution in [0, 0.1) is 0 Å². The molecule has 0 radical (unpaired) electrons. The zero-order chi connectivity index (χ0) is 13.6. The highest BCUT2D eigenvalue weighted by Gasteiger charge is 2.10. The fourth-order valence-corrected chi connectivity index (χ4v) is 2.70. The molecule has 0 aliphatic rings. The van der Waals surface area contributed by atoms with Crippen LogP contribution in [0.5, 0.6) is 5.75 Å². The van der Waals surface area contributed by atoms with Crippen molar-refractivity contribution >= 4 is 27.7 Å². The summed E-state index contributed by atoms with van der Waals surface area (Å²) in [5.74, 6) is 1.99. The summed E-state index contributed by atoms with van der Waals surface area (Å²) in [6.45, 7) is 8.25. The fraction of sp³-hybridized carbons (Fsp3) is 0.571. The summed E-state index contributed by atoms with van der Waals surface area (Å²) in [5, 5.41) is 3.16. The Morgan fingerprint density at radius 3 is 2.67 bits per heavy atom. The molecule has 0 aliphatic heterocycles. The molecular formula is C14H22BrNOS. The maximum absolute atomic E-state index is 5.86. The molecule has 0 amide bonds. The minimum Gasteiger partial charge on any atom is -0.492 e. The first-order valence-electron chi connectivity index (χ1n) is 6.12. The minimum atomic E-state index is 0.302. The summed E-state index contributed by atoms with van der Waals surface area (Å²) in [6, 6.07) is 6.15. The lowest BCUT2D eigenvalue weighted by Crippen LogP contribution is -2.13. The van der Waals surface area contributed by atoms with Crippen molar-refractivity contribution < 1.29 is 4.74 Å². The largest absolute Gasteiger partial charge is 0.492 e. The number of ether oxygens (including phenoxy) is 1. The van der Waals surface area contributed by atoms with Crippen molar-refractivity contribution in [1.29, 1.82) is 0 Å². The lowest BCUT2D eigenvalue weighted by Gasteiger charge is -2.18. The molecule has 1 aromatic carbocycles. The number of benzene rings is 1. The molecule has 1 aromatic rings. The standard InChI is InChI=1S/C14H22BrNOS/c1-14(2,3)18-8-7-17-13-6-5-12(15)9-11(13)10-16-4/h5-6,9,16H,7-8,10H2,1-4H3. The molecule has 1 N–H and O–H groups in total. The number of nitrogens with one attached hydrogen (secondary N) is 1. The van der Waals surface area contributed by atoms with E-state index >= 15 is 0 Å². The van der Waals surface area contributed by atoms with Gasteiger partial charge in [-0.3, -0.25) is 0 Å². The van der Waals surface area contributed by atoms with Crippen molar-refractivity contribution in [2.75, 3.05) is 19.4 Å². The molecule has 18 heavy (non-hydrogen) atoms. The maximum Gasteiger partial charge on any atom is 0.123 e. The van der Waals surface area contributed by atoms with E-state index in [4.69, 9.17) is 4.74 Å². The smallest absolute Gasteiger partial charge is 0.123 e. The van der Waals surface area contributed by atoms with Crippen molar-refractivity contribution in [3.05, 3.63) is 28.2 Å². The molecule has 1 rings (SSSR count). The molecule has 0 fully saturated rings. The predicted octanol–water partition coefficient (Wildman–Crippen LogP) is 4.08. The molecule has 0 unspecified atom stereocenters. The van der Waals surface area contributed by atoms with E-state index in [1.165, 1.54) is 5.56 Å². The molecule has 0 spiro atoms. The van der Waals surface area contributed by atoms with E-state index in [0.717, 1.165) is 29.1 Å². The molecule has 0 bridgehead atoms.